The minimum atomic E-state index is -0.868. The third-order valence-corrected chi connectivity index (χ3v) is 2.63. The molecule has 2 atom stereocenters. The largest absolute Gasteiger partial charge is 0.385 e. The lowest BCUT2D eigenvalue weighted by Crippen LogP contribution is -2.26. The molecule has 1 aromatic carbocycles. The van der Waals surface area contributed by atoms with Crippen LogP contribution in [0.3, 0.4) is 0 Å². The van der Waals surface area contributed by atoms with Crippen molar-refractivity contribution in [2.75, 3.05) is 0 Å². The number of benzene rings is 1. The van der Waals surface area contributed by atoms with Gasteiger partial charge in [-0.1, -0.05) is 44.2 Å². The van der Waals surface area contributed by atoms with Crippen LogP contribution in [0.4, 0.5) is 0 Å². The summed E-state index contributed by atoms with van der Waals surface area (Å²) >= 11 is 0. The van der Waals surface area contributed by atoms with Crippen molar-refractivity contribution in [3.05, 3.63) is 35.9 Å². The third kappa shape index (κ3) is 3.17. The molecule has 0 aliphatic rings. The lowest BCUT2D eigenvalue weighted by molar-refractivity contribution is -0.128. The lowest BCUT2D eigenvalue weighted by Gasteiger charge is -2.17. The average Bonchev–Trinajstić information content (AvgIpc) is 2.28. The van der Waals surface area contributed by atoms with Crippen molar-refractivity contribution in [3.8, 4) is 0 Å². The van der Waals surface area contributed by atoms with Crippen molar-refractivity contribution in [2.24, 2.45) is 0 Å². The van der Waals surface area contributed by atoms with Gasteiger partial charge in [0.2, 0.25) is 0 Å². The summed E-state index contributed by atoms with van der Waals surface area (Å²) in [5, 5.41) is 9.82. The number of aliphatic hydroxyl groups excluding tert-OH is 1. The van der Waals surface area contributed by atoms with Crippen molar-refractivity contribution in [1.29, 1.82) is 0 Å². The summed E-state index contributed by atoms with van der Waals surface area (Å²) in [6.07, 6.45) is 0.378. The molecule has 1 N–H and O–H groups in total. The molecule has 0 saturated heterocycles. The van der Waals surface area contributed by atoms with E-state index >= 15 is 0 Å². The fourth-order valence-corrected chi connectivity index (χ4v) is 1.61. The minimum absolute atomic E-state index is 0.0612. The maximum Gasteiger partial charge on any atom is 0.161 e. The molecule has 0 aliphatic heterocycles. The summed E-state index contributed by atoms with van der Waals surface area (Å²) in [4.78, 5) is 11.5. The second kappa shape index (κ2) is 5.66. The second-order valence-corrected chi connectivity index (χ2v) is 3.86. The van der Waals surface area contributed by atoms with Crippen LogP contribution in [0.5, 0.6) is 0 Å². The van der Waals surface area contributed by atoms with Crippen LogP contribution in [0.1, 0.15) is 38.2 Å². The van der Waals surface area contributed by atoms with Gasteiger partial charge in [0, 0.05) is 12.3 Å². The standard InChI is InChI=1S/C13H18O2/c1-3-7-12(14)13(15)10(2)11-8-5-4-6-9-11/h4-6,8-10,13,15H,3,7H2,1-2H3. The van der Waals surface area contributed by atoms with E-state index in [1.165, 1.54) is 0 Å². The van der Waals surface area contributed by atoms with Gasteiger partial charge in [0.25, 0.3) is 0 Å². The van der Waals surface area contributed by atoms with Gasteiger partial charge in [-0.05, 0) is 12.0 Å². The molecule has 1 rings (SSSR count). The third-order valence-electron chi connectivity index (χ3n) is 2.63. The van der Waals surface area contributed by atoms with E-state index in [2.05, 4.69) is 0 Å². The zero-order valence-electron chi connectivity index (χ0n) is 9.31. The molecule has 2 heteroatoms. The van der Waals surface area contributed by atoms with Gasteiger partial charge in [0.05, 0.1) is 0 Å². The Labute approximate surface area is 90.9 Å². The molecule has 0 amide bonds. The van der Waals surface area contributed by atoms with Gasteiger partial charge in [0.15, 0.2) is 5.78 Å². The number of ketones is 1. The Morgan fingerprint density at radius 2 is 1.93 bits per heavy atom. The van der Waals surface area contributed by atoms with E-state index < -0.39 is 6.10 Å². The smallest absolute Gasteiger partial charge is 0.161 e. The Hall–Kier alpha value is -1.15. The second-order valence-electron chi connectivity index (χ2n) is 3.86. The molecule has 0 bridgehead atoms. The summed E-state index contributed by atoms with van der Waals surface area (Å²) in [5.41, 5.74) is 1.01. The van der Waals surface area contributed by atoms with Gasteiger partial charge >= 0.3 is 0 Å². The fraction of sp³-hybridized carbons (Fsp3) is 0.462. The van der Waals surface area contributed by atoms with E-state index in [1.807, 2.05) is 44.2 Å². The van der Waals surface area contributed by atoms with E-state index in [1.54, 1.807) is 0 Å². The molecule has 82 valence electrons. The van der Waals surface area contributed by atoms with Crippen molar-refractivity contribution in [3.63, 3.8) is 0 Å². The number of hydrogen-bond acceptors (Lipinski definition) is 2. The quantitative estimate of drug-likeness (QED) is 0.803. The van der Waals surface area contributed by atoms with Crippen LogP contribution in [0, 0.1) is 0 Å². The highest BCUT2D eigenvalue weighted by Gasteiger charge is 2.22. The zero-order chi connectivity index (χ0) is 11.3. The maximum absolute atomic E-state index is 11.5. The summed E-state index contributed by atoms with van der Waals surface area (Å²) in [5.74, 6) is -0.181. The van der Waals surface area contributed by atoms with Gasteiger partial charge in [-0.2, -0.15) is 0 Å². The first-order valence-corrected chi connectivity index (χ1v) is 5.42. The highest BCUT2D eigenvalue weighted by atomic mass is 16.3. The van der Waals surface area contributed by atoms with Crippen molar-refractivity contribution in [2.45, 2.75) is 38.7 Å². The van der Waals surface area contributed by atoms with E-state index in [9.17, 15) is 9.90 Å². The van der Waals surface area contributed by atoms with Crippen LogP contribution >= 0.6 is 0 Å². The first kappa shape index (κ1) is 11.9. The molecule has 1 aromatic rings. The van der Waals surface area contributed by atoms with Crippen molar-refractivity contribution >= 4 is 5.78 Å². The van der Waals surface area contributed by atoms with Gasteiger partial charge in [-0.15, -0.1) is 0 Å². The number of rotatable bonds is 5. The summed E-state index contributed by atoms with van der Waals surface area (Å²) in [7, 11) is 0. The van der Waals surface area contributed by atoms with Crippen molar-refractivity contribution in [1.82, 2.24) is 0 Å². The van der Waals surface area contributed by atoms with E-state index in [0.29, 0.717) is 6.42 Å². The van der Waals surface area contributed by atoms with Crippen LogP contribution < -0.4 is 0 Å². The molecule has 2 nitrogen and oxygen atoms in total. The van der Waals surface area contributed by atoms with Gasteiger partial charge < -0.3 is 5.11 Å². The topological polar surface area (TPSA) is 37.3 Å². The van der Waals surface area contributed by atoms with E-state index in [-0.39, 0.29) is 11.7 Å². The Kier molecular flexibility index (Phi) is 4.50. The Morgan fingerprint density at radius 1 is 1.33 bits per heavy atom. The molecule has 0 saturated carbocycles. The molecular weight excluding hydrogens is 188 g/mol. The van der Waals surface area contributed by atoms with Gasteiger partial charge in [-0.25, -0.2) is 0 Å². The Balaban J connectivity index is 2.68. The Morgan fingerprint density at radius 3 is 2.47 bits per heavy atom. The lowest BCUT2D eigenvalue weighted by atomic mass is 9.91. The minimum Gasteiger partial charge on any atom is -0.385 e. The molecule has 0 fully saturated rings. The van der Waals surface area contributed by atoms with E-state index in [4.69, 9.17) is 0 Å². The van der Waals surface area contributed by atoms with Crippen LogP contribution in [0.15, 0.2) is 30.3 Å². The molecular formula is C13H18O2. The van der Waals surface area contributed by atoms with Crippen LogP contribution in [-0.2, 0) is 4.79 Å². The average molecular weight is 206 g/mol. The molecule has 0 aliphatic carbocycles. The van der Waals surface area contributed by atoms with Crippen LogP contribution in [0.25, 0.3) is 0 Å². The normalized spacial score (nSPS) is 14.6. The number of carbonyl (C=O) groups is 1. The molecule has 2 unspecified atom stereocenters. The predicted octanol–water partition coefficient (Wildman–Crippen LogP) is 2.52. The number of hydrogen-bond donors (Lipinski definition) is 1. The SMILES string of the molecule is CCCC(=O)C(O)C(C)c1ccccc1. The first-order valence-electron chi connectivity index (χ1n) is 5.42. The van der Waals surface area contributed by atoms with Crippen molar-refractivity contribution < 1.29 is 9.90 Å². The van der Waals surface area contributed by atoms with Gasteiger partial charge in [-0.3, -0.25) is 4.79 Å². The first-order chi connectivity index (χ1) is 7.16. The monoisotopic (exact) mass is 206 g/mol. The molecule has 0 radical (unpaired) electrons. The van der Waals surface area contributed by atoms with Crippen LogP contribution in [0.2, 0.25) is 0 Å². The maximum atomic E-state index is 11.5. The summed E-state index contributed by atoms with van der Waals surface area (Å²) < 4.78 is 0. The highest BCUT2D eigenvalue weighted by molar-refractivity contribution is 5.83. The van der Waals surface area contributed by atoms with Gasteiger partial charge in [0.1, 0.15) is 6.10 Å². The highest BCUT2D eigenvalue weighted by Crippen LogP contribution is 2.20. The molecule has 0 heterocycles. The van der Waals surface area contributed by atoms with Crippen LogP contribution in [-0.4, -0.2) is 17.0 Å². The number of aliphatic hydroxyl groups is 1. The molecule has 0 spiro atoms. The number of Topliss-reactive ketones (excluding diaryl/α,β-unsaturated/α-hetero) is 1. The predicted molar refractivity (Wildman–Crippen MR) is 60.8 cm³/mol. The zero-order valence-corrected chi connectivity index (χ0v) is 9.31. The fourth-order valence-electron chi connectivity index (χ4n) is 1.61. The molecule has 15 heavy (non-hydrogen) atoms. The summed E-state index contributed by atoms with van der Waals surface area (Å²) in [6, 6.07) is 9.64. The summed E-state index contributed by atoms with van der Waals surface area (Å²) in [6.45, 7) is 3.82. The Bertz CT molecular complexity index is 306. The number of carbonyl (C=O) groups excluding carboxylic acids is 1. The van der Waals surface area contributed by atoms with E-state index in [0.717, 1.165) is 12.0 Å². The molecule has 0 aromatic heterocycles.